The number of nitrogens with one attached hydrogen (secondary N) is 1. The largest absolute Gasteiger partial charge is 0.394 e. The lowest BCUT2D eigenvalue weighted by molar-refractivity contribution is -0.386. The third kappa shape index (κ3) is 3.48. The number of amides is 1. The van der Waals surface area contributed by atoms with Crippen LogP contribution in [0.2, 0.25) is 0 Å². The Bertz CT molecular complexity index is 481. The fraction of sp³-hybridized carbons (Fsp3) is 0.600. The van der Waals surface area contributed by atoms with Crippen LogP contribution in [0, 0.1) is 24.0 Å². The van der Waals surface area contributed by atoms with Gasteiger partial charge in [-0.1, -0.05) is 0 Å². The first-order valence-corrected chi connectivity index (χ1v) is 5.60. The van der Waals surface area contributed by atoms with Gasteiger partial charge in [-0.25, -0.2) is 0 Å². The molecule has 19 heavy (non-hydrogen) atoms. The van der Waals surface area contributed by atoms with Crippen LogP contribution in [0.25, 0.3) is 0 Å². The molecule has 0 unspecified atom stereocenters. The topological polar surface area (TPSA) is 131 Å². The molecule has 9 nitrogen and oxygen atoms in total. The molecule has 0 fully saturated rings. The second kappa shape index (κ2) is 6.25. The van der Waals surface area contributed by atoms with Crippen LogP contribution < -0.4 is 5.32 Å². The maximum atomic E-state index is 11.6. The summed E-state index contributed by atoms with van der Waals surface area (Å²) in [5.74, 6) is -0.492. The lowest BCUT2D eigenvalue weighted by Gasteiger charge is -2.13. The maximum absolute atomic E-state index is 11.6. The third-order valence-corrected chi connectivity index (χ3v) is 2.63. The molecule has 1 amide bonds. The Kier molecular flexibility index (Phi) is 4.95. The highest BCUT2D eigenvalue weighted by atomic mass is 16.6. The Balaban J connectivity index is 2.81. The van der Waals surface area contributed by atoms with Crippen LogP contribution in [0.4, 0.5) is 5.69 Å². The molecule has 0 aliphatic rings. The van der Waals surface area contributed by atoms with Crippen molar-refractivity contribution in [3.8, 4) is 0 Å². The van der Waals surface area contributed by atoms with E-state index in [-0.39, 0.29) is 36.8 Å². The van der Waals surface area contributed by atoms with Gasteiger partial charge in [0.15, 0.2) is 0 Å². The zero-order valence-electron chi connectivity index (χ0n) is 10.7. The first-order chi connectivity index (χ1) is 8.90. The molecule has 0 bridgehead atoms. The van der Waals surface area contributed by atoms with Crippen LogP contribution >= 0.6 is 0 Å². The standard InChI is InChI=1S/C10H16N4O5/c1-6-10(14(18)19)7(2)13(12-6)3-9(17)11-8(4-15)5-16/h8,15-16H,3-5H2,1-2H3,(H,11,17). The molecular weight excluding hydrogens is 256 g/mol. The van der Waals surface area contributed by atoms with Crippen LogP contribution in [0.5, 0.6) is 0 Å². The monoisotopic (exact) mass is 272 g/mol. The van der Waals surface area contributed by atoms with E-state index in [0.29, 0.717) is 0 Å². The third-order valence-electron chi connectivity index (χ3n) is 2.63. The number of nitro groups is 1. The summed E-state index contributed by atoms with van der Waals surface area (Å²) in [6.07, 6.45) is 0. The van der Waals surface area contributed by atoms with E-state index < -0.39 is 16.9 Å². The number of aryl methyl sites for hydroxylation is 1. The highest BCUT2D eigenvalue weighted by molar-refractivity contribution is 5.76. The summed E-state index contributed by atoms with van der Waals surface area (Å²) in [5.41, 5.74) is 0.395. The molecule has 1 aromatic heterocycles. The van der Waals surface area contributed by atoms with Crippen LogP contribution in [0.15, 0.2) is 0 Å². The van der Waals surface area contributed by atoms with E-state index in [2.05, 4.69) is 10.4 Å². The molecule has 3 N–H and O–H groups in total. The predicted molar refractivity (Wildman–Crippen MR) is 64.5 cm³/mol. The molecule has 9 heteroatoms. The average molecular weight is 272 g/mol. The predicted octanol–water partition coefficient (Wildman–Crippen LogP) is -1.12. The Morgan fingerprint density at radius 2 is 2.05 bits per heavy atom. The molecule has 1 aromatic rings. The number of hydrogen-bond donors (Lipinski definition) is 3. The summed E-state index contributed by atoms with van der Waals surface area (Å²) < 4.78 is 1.22. The number of aliphatic hydroxyl groups excluding tert-OH is 2. The summed E-state index contributed by atoms with van der Waals surface area (Å²) in [7, 11) is 0. The molecule has 1 rings (SSSR count). The lowest BCUT2D eigenvalue weighted by Crippen LogP contribution is -2.41. The van der Waals surface area contributed by atoms with Gasteiger partial charge in [-0.3, -0.25) is 19.6 Å². The van der Waals surface area contributed by atoms with Gasteiger partial charge in [0, 0.05) is 0 Å². The second-order valence-electron chi connectivity index (χ2n) is 4.06. The average Bonchev–Trinajstić information content (AvgIpc) is 2.61. The van der Waals surface area contributed by atoms with Crippen molar-refractivity contribution in [2.75, 3.05) is 13.2 Å². The van der Waals surface area contributed by atoms with E-state index in [1.54, 1.807) is 0 Å². The summed E-state index contributed by atoms with van der Waals surface area (Å²) in [4.78, 5) is 21.9. The van der Waals surface area contributed by atoms with Crippen molar-refractivity contribution in [1.82, 2.24) is 15.1 Å². The van der Waals surface area contributed by atoms with Crippen molar-refractivity contribution in [2.45, 2.75) is 26.4 Å². The highest BCUT2D eigenvalue weighted by Crippen LogP contribution is 2.21. The molecule has 0 atom stereocenters. The summed E-state index contributed by atoms with van der Waals surface area (Å²) >= 11 is 0. The van der Waals surface area contributed by atoms with E-state index in [1.807, 2.05) is 0 Å². The Hall–Kier alpha value is -2.00. The van der Waals surface area contributed by atoms with Gasteiger partial charge in [-0.05, 0) is 13.8 Å². The molecule has 0 aliphatic carbocycles. The number of aliphatic hydroxyl groups is 2. The lowest BCUT2D eigenvalue weighted by atomic mass is 10.3. The van der Waals surface area contributed by atoms with E-state index in [4.69, 9.17) is 10.2 Å². The first kappa shape index (κ1) is 15.1. The zero-order chi connectivity index (χ0) is 14.6. The fourth-order valence-electron chi connectivity index (χ4n) is 1.66. The minimum Gasteiger partial charge on any atom is -0.394 e. The van der Waals surface area contributed by atoms with Crippen molar-refractivity contribution in [3.63, 3.8) is 0 Å². The Labute approximate surface area is 109 Å². The second-order valence-corrected chi connectivity index (χ2v) is 4.06. The minimum atomic E-state index is -0.751. The van der Waals surface area contributed by atoms with Crippen LogP contribution in [-0.4, -0.2) is 50.1 Å². The molecule has 0 radical (unpaired) electrons. The van der Waals surface area contributed by atoms with Gasteiger partial charge in [-0.15, -0.1) is 0 Å². The number of rotatable bonds is 6. The summed E-state index contributed by atoms with van der Waals surface area (Å²) in [6, 6.07) is -0.751. The Morgan fingerprint density at radius 1 is 1.47 bits per heavy atom. The van der Waals surface area contributed by atoms with E-state index in [1.165, 1.54) is 18.5 Å². The number of hydrogen-bond acceptors (Lipinski definition) is 6. The number of nitrogens with zero attached hydrogens (tertiary/aromatic N) is 3. The molecule has 1 heterocycles. The van der Waals surface area contributed by atoms with Gasteiger partial charge in [0.25, 0.3) is 0 Å². The van der Waals surface area contributed by atoms with Crippen LogP contribution in [0.1, 0.15) is 11.4 Å². The van der Waals surface area contributed by atoms with Crippen molar-refractivity contribution in [3.05, 3.63) is 21.5 Å². The van der Waals surface area contributed by atoms with Crippen LogP contribution in [0.3, 0.4) is 0 Å². The SMILES string of the molecule is Cc1nn(CC(=O)NC(CO)CO)c(C)c1[N+](=O)[O-]. The quantitative estimate of drug-likeness (QED) is 0.444. The molecular formula is C10H16N4O5. The highest BCUT2D eigenvalue weighted by Gasteiger charge is 2.23. The molecule has 106 valence electrons. The van der Waals surface area contributed by atoms with Gasteiger partial charge in [0.2, 0.25) is 5.91 Å². The number of carbonyl (C=O) groups excluding carboxylic acids is 1. The molecule has 0 aromatic carbocycles. The van der Waals surface area contributed by atoms with Crippen molar-refractivity contribution < 1.29 is 19.9 Å². The first-order valence-electron chi connectivity index (χ1n) is 5.60. The van der Waals surface area contributed by atoms with Crippen molar-refractivity contribution >= 4 is 11.6 Å². The molecule has 0 spiro atoms. The zero-order valence-corrected chi connectivity index (χ0v) is 10.7. The summed E-state index contributed by atoms with van der Waals surface area (Å²) in [6.45, 7) is 2.00. The molecule has 0 saturated carbocycles. The van der Waals surface area contributed by atoms with Gasteiger partial charge >= 0.3 is 5.69 Å². The van der Waals surface area contributed by atoms with E-state index in [0.717, 1.165) is 0 Å². The molecule has 0 saturated heterocycles. The smallest absolute Gasteiger partial charge is 0.312 e. The number of carbonyl (C=O) groups is 1. The van der Waals surface area contributed by atoms with Gasteiger partial charge < -0.3 is 15.5 Å². The normalized spacial score (nSPS) is 10.8. The summed E-state index contributed by atoms with van der Waals surface area (Å²) in [5, 5.41) is 34.8. The minimum absolute atomic E-state index is 0.117. The van der Waals surface area contributed by atoms with Gasteiger partial charge in [0.1, 0.15) is 17.9 Å². The van der Waals surface area contributed by atoms with Gasteiger partial charge in [0.05, 0.1) is 24.2 Å². The Morgan fingerprint density at radius 3 is 2.47 bits per heavy atom. The van der Waals surface area contributed by atoms with Crippen molar-refractivity contribution in [2.24, 2.45) is 0 Å². The van der Waals surface area contributed by atoms with E-state index in [9.17, 15) is 14.9 Å². The van der Waals surface area contributed by atoms with E-state index >= 15 is 0 Å². The maximum Gasteiger partial charge on any atom is 0.312 e. The van der Waals surface area contributed by atoms with Crippen molar-refractivity contribution in [1.29, 1.82) is 0 Å². The fourth-order valence-corrected chi connectivity index (χ4v) is 1.66. The number of aromatic nitrogens is 2. The van der Waals surface area contributed by atoms with Crippen LogP contribution in [-0.2, 0) is 11.3 Å². The molecule has 0 aliphatic heterocycles. The van der Waals surface area contributed by atoms with Gasteiger partial charge in [-0.2, -0.15) is 5.10 Å².